The number of rotatable bonds is 5. The van der Waals surface area contributed by atoms with Crippen molar-refractivity contribution in [1.29, 1.82) is 0 Å². The maximum absolute atomic E-state index is 12.0. The van der Waals surface area contributed by atoms with Gasteiger partial charge in [-0.05, 0) is 24.3 Å². The van der Waals surface area contributed by atoms with Crippen LogP contribution < -0.4 is 10.6 Å². The molecule has 0 fully saturated rings. The summed E-state index contributed by atoms with van der Waals surface area (Å²) in [5.74, 6) is -1.50. The van der Waals surface area contributed by atoms with Crippen LogP contribution in [0.2, 0.25) is 5.02 Å². The minimum atomic E-state index is -0.564. The van der Waals surface area contributed by atoms with Crippen molar-refractivity contribution in [3.05, 3.63) is 64.7 Å². The number of halogens is 1. The van der Waals surface area contributed by atoms with Crippen LogP contribution in [0.5, 0.6) is 0 Å². The van der Waals surface area contributed by atoms with Gasteiger partial charge >= 0.3 is 5.97 Å². The number of hydrogen-bond acceptors (Lipinski definition) is 4. The van der Waals surface area contributed by atoms with E-state index in [2.05, 4.69) is 15.4 Å². The van der Waals surface area contributed by atoms with Crippen molar-refractivity contribution >= 4 is 35.1 Å². The van der Waals surface area contributed by atoms with Crippen LogP contribution in [0.15, 0.2) is 48.5 Å². The molecule has 0 aliphatic heterocycles. The molecule has 0 aliphatic rings. The Morgan fingerprint density at radius 2 is 1.62 bits per heavy atom. The fourth-order valence-electron chi connectivity index (χ4n) is 1.98. The topological polar surface area (TPSA) is 84.5 Å². The maximum atomic E-state index is 12.0. The smallest absolute Gasteiger partial charge is 0.339 e. The van der Waals surface area contributed by atoms with Gasteiger partial charge in [-0.2, -0.15) is 0 Å². The van der Waals surface area contributed by atoms with Gasteiger partial charge < -0.3 is 15.4 Å². The van der Waals surface area contributed by atoms with E-state index in [1.165, 1.54) is 13.2 Å². The monoisotopic (exact) mass is 346 g/mol. The number of hydrogen-bond donors (Lipinski definition) is 2. The quantitative estimate of drug-likeness (QED) is 0.815. The number of para-hydroxylation sites is 1. The van der Waals surface area contributed by atoms with Crippen molar-refractivity contribution in [2.45, 2.75) is 0 Å². The van der Waals surface area contributed by atoms with Crippen LogP contribution in [0.25, 0.3) is 0 Å². The lowest BCUT2D eigenvalue weighted by Gasteiger charge is -2.10. The van der Waals surface area contributed by atoms with Crippen LogP contribution in [0.4, 0.5) is 5.69 Å². The number of carbonyl (C=O) groups excluding carboxylic acids is 3. The molecule has 7 heteroatoms. The normalized spacial score (nSPS) is 9.92. The van der Waals surface area contributed by atoms with Crippen molar-refractivity contribution in [1.82, 2.24) is 5.32 Å². The molecular formula is C17H15ClN2O4. The zero-order valence-corrected chi connectivity index (χ0v) is 13.6. The first kappa shape index (κ1) is 17.5. The van der Waals surface area contributed by atoms with E-state index >= 15 is 0 Å². The summed E-state index contributed by atoms with van der Waals surface area (Å²) in [6.45, 7) is -0.264. The van der Waals surface area contributed by atoms with Crippen LogP contribution in [-0.4, -0.2) is 31.4 Å². The van der Waals surface area contributed by atoms with Gasteiger partial charge in [0.2, 0.25) is 5.91 Å². The molecule has 6 nitrogen and oxygen atoms in total. The number of anilines is 1. The number of methoxy groups -OCH3 is 1. The third-order valence-corrected chi connectivity index (χ3v) is 3.46. The average molecular weight is 347 g/mol. The standard InChI is InChI=1S/C17H15ClN2O4/c1-24-17(23)12-7-3-5-9-14(12)20-15(21)10-19-16(22)11-6-2-4-8-13(11)18/h2-9H,10H2,1H3,(H,19,22)(H,20,21). The summed E-state index contributed by atoms with van der Waals surface area (Å²) in [6.07, 6.45) is 0. The van der Waals surface area contributed by atoms with Gasteiger partial charge in [-0.3, -0.25) is 9.59 Å². The van der Waals surface area contributed by atoms with Crippen molar-refractivity contribution in [3.63, 3.8) is 0 Å². The summed E-state index contributed by atoms with van der Waals surface area (Å²) >= 11 is 5.92. The highest BCUT2D eigenvalue weighted by Crippen LogP contribution is 2.16. The maximum Gasteiger partial charge on any atom is 0.339 e. The lowest BCUT2D eigenvalue weighted by atomic mass is 10.2. The molecule has 0 saturated carbocycles. The molecule has 0 radical (unpaired) electrons. The van der Waals surface area contributed by atoms with Gasteiger partial charge in [-0.15, -0.1) is 0 Å². The van der Waals surface area contributed by atoms with Gasteiger partial charge in [0, 0.05) is 0 Å². The number of carbonyl (C=O) groups is 3. The first-order valence-corrected chi connectivity index (χ1v) is 7.40. The summed E-state index contributed by atoms with van der Waals surface area (Å²) in [6, 6.07) is 12.9. The minimum absolute atomic E-state index is 0.228. The highest BCUT2D eigenvalue weighted by atomic mass is 35.5. The van der Waals surface area contributed by atoms with Crippen molar-refractivity contribution in [2.24, 2.45) is 0 Å². The van der Waals surface area contributed by atoms with E-state index in [1.54, 1.807) is 42.5 Å². The zero-order valence-electron chi connectivity index (χ0n) is 12.8. The first-order valence-electron chi connectivity index (χ1n) is 7.03. The molecule has 2 aromatic rings. The van der Waals surface area contributed by atoms with Gasteiger partial charge in [-0.1, -0.05) is 35.9 Å². The Kier molecular flexibility index (Phi) is 5.92. The number of nitrogens with one attached hydrogen (secondary N) is 2. The van der Waals surface area contributed by atoms with Crippen molar-refractivity contribution in [2.75, 3.05) is 19.0 Å². The number of esters is 1. The Morgan fingerprint density at radius 1 is 1.00 bits per heavy atom. The lowest BCUT2D eigenvalue weighted by Crippen LogP contribution is -2.33. The van der Waals surface area contributed by atoms with E-state index < -0.39 is 17.8 Å². The molecule has 2 aromatic carbocycles. The highest BCUT2D eigenvalue weighted by Gasteiger charge is 2.14. The third kappa shape index (κ3) is 4.33. The van der Waals surface area contributed by atoms with E-state index in [0.29, 0.717) is 10.7 Å². The number of amides is 2. The van der Waals surface area contributed by atoms with Gasteiger partial charge in [0.15, 0.2) is 0 Å². The van der Waals surface area contributed by atoms with E-state index in [4.69, 9.17) is 11.6 Å². The van der Waals surface area contributed by atoms with Crippen LogP contribution in [0, 0.1) is 0 Å². The SMILES string of the molecule is COC(=O)c1ccccc1NC(=O)CNC(=O)c1ccccc1Cl. The Balaban J connectivity index is 1.99. The predicted molar refractivity (Wildman–Crippen MR) is 90.2 cm³/mol. The minimum Gasteiger partial charge on any atom is -0.465 e. The molecule has 0 spiro atoms. The largest absolute Gasteiger partial charge is 0.465 e. The summed E-state index contributed by atoms with van der Waals surface area (Å²) in [5.41, 5.74) is 0.814. The van der Waals surface area contributed by atoms with E-state index in [9.17, 15) is 14.4 Å². The second-order valence-electron chi connectivity index (χ2n) is 4.75. The number of benzene rings is 2. The molecule has 0 heterocycles. The fraction of sp³-hybridized carbons (Fsp3) is 0.118. The Labute approximate surface area is 143 Å². The molecule has 0 atom stereocenters. The van der Waals surface area contributed by atoms with Crippen molar-refractivity contribution < 1.29 is 19.1 Å². The van der Waals surface area contributed by atoms with Gasteiger partial charge in [0.1, 0.15) is 0 Å². The molecular weight excluding hydrogens is 332 g/mol. The molecule has 124 valence electrons. The lowest BCUT2D eigenvalue weighted by molar-refractivity contribution is -0.115. The molecule has 24 heavy (non-hydrogen) atoms. The summed E-state index contributed by atoms with van der Waals surface area (Å²) in [4.78, 5) is 35.6. The Hall–Kier alpha value is -2.86. The molecule has 2 rings (SSSR count). The van der Waals surface area contributed by atoms with Gasteiger partial charge in [0.25, 0.3) is 5.91 Å². The van der Waals surface area contributed by atoms with Crippen LogP contribution >= 0.6 is 11.6 Å². The fourth-order valence-corrected chi connectivity index (χ4v) is 2.20. The first-order chi connectivity index (χ1) is 11.5. The van der Waals surface area contributed by atoms with Gasteiger partial charge in [-0.25, -0.2) is 4.79 Å². The zero-order chi connectivity index (χ0) is 17.5. The third-order valence-electron chi connectivity index (χ3n) is 3.13. The Bertz CT molecular complexity index is 777. The molecule has 0 bridgehead atoms. The molecule has 2 amide bonds. The van der Waals surface area contributed by atoms with Gasteiger partial charge in [0.05, 0.1) is 35.5 Å². The van der Waals surface area contributed by atoms with E-state index in [1.807, 2.05) is 0 Å². The molecule has 0 aromatic heterocycles. The highest BCUT2D eigenvalue weighted by molar-refractivity contribution is 6.33. The summed E-state index contributed by atoms with van der Waals surface area (Å²) in [7, 11) is 1.25. The second kappa shape index (κ2) is 8.12. The van der Waals surface area contributed by atoms with Crippen LogP contribution in [-0.2, 0) is 9.53 Å². The molecule has 2 N–H and O–H groups in total. The van der Waals surface area contributed by atoms with E-state index in [-0.39, 0.29) is 17.7 Å². The van der Waals surface area contributed by atoms with E-state index in [0.717, 1.165) is 0 Å². The summed E-state index contributed by atoms with van der Waals surface area (Å²) in [5, 5.41) is 5.33. The average Bonchev–Trinajstić information content (AvgIpc) is 2.60. The number of ether oxygens (including phenoxy) is 1. The molecule has 0 unspecified atom stereocenters. The summed E-state index contributed by atoms with van der Waals surface area (Å²) < 4.78 is 4.65. The predicted octanol–water partition coefficient (Wildman–Crippen LogP) is 2.50. The van der Waals surface area contributed by atoms with Crippen molar-refractivity contribution in [3.8, 4) is 0 Å². The van der Waals surface area contributed by atoms with Crippen LogP contribution in [0.1, 0.15) is 20.7 Å². The molecule has 0 saturated heterocycles. The second-order valence-corrected chi connectivity index (χ2v) is 5.16. The molecule has 0 aliphatic carbocycles. The Morgan fingerprint density at radius 3 is 2.29 bits per heavy atom. The van der Waals surface area contributed by atoms with Crippen LogP contribution in [0.3, 0.4) is 0 Å².